The van der Waals surface area contributed by atoms with Crippen molar-refractivity contribution in [3.8, 4) is 0 Å². The van der Waals surface area contributed by atoms with Gasteiger partial charge in [-0.3, -0.25) is 9.59 Å². The Morgan fingerprint density at radius 1 is 1.20 bits per heavy atom. The van der Waals surface area contributed by atoms with Gasteiger partial charge in [0.05, 0.1) is 0 Å². The maximum atomic E-state index is 12.5. The van der Waals surface area contributed by atoms with E-state index in [1.54, 1.807) is 29.5 Å². The molecule has 130 valence electrons. The molecule has 0 bridgehead atoms. The van der Waals surface area contributed by atoms with Gasteiger partial charge in [-0.15, -0.1) is 11.3 Å². The standard InChI is InChI=1S/C19H20N2O2S2/c1-14-13-15(19(23)21-8-11-24-12-9-21)4-6-17(14)20-18(22)7-5-16-3-2-10-25-16/h2-7,10,13H,8-9,11-12H2,1H3,(H,20,22)/b7-5+. The van der Waals surface area contributed by atoms with Crippen molar-refractivity contribution in [3.63, 3.8) is 0 Å². The Balaban J connectivity index is 1.65. The molecule has 0 aliphatic carbocycles. The molecule has 0 radical (unpaired) electrons. The van der Waals surface area contributed by atoms with Gasteiger partial charge in [0.1, 0.15) is 0 Å². The normalized spacial score (nSPS) is 14.7. The monoisotopic (exact) mass is 372 g/mol. The second-order valence-electron chi connectivity index (χ2n) is 5.77. The fourth-order valence-corrected chi connectivity index (χ4v) is 4.13. The number of rotatable bonds is 4. The van der Waals surface area contributed by atoms with Gasteiger partial charge in [0.2, 0.25) is 5.91 Å². The van der Waals surface area contributed by atoms with E-state index in [4.69, 9.17) is 0 Å². The maximum absolute atomic E-state index is 12.5. The molecule has 1 aromatic heterocycles. The highest BCUT2D eigenvalue weighted by Gasteiger charge is 2.18. The fourth-order valence-electron chi connectivity index (χ4n) is 2.60. The summed E-state index contributed by atoms with van der Waals surface area (Å²) >= 11 is 3.46. The number of anilines is 1. The minimum Gasteiger partial charge on any atom is -0.337 e. The van der Waals surface area contributed by atoms with Crippen LogP contribution in [0.3, 0.4) is 0 Å². The van der Waals surface area contributed by atoms with Crippen molar-refractivity contribution in [2.75, 3.05) is 29.9 Å². The van der Waals surface area contributed by atoms with Gasteiger partial charge in [0.15, 0.2) is 0 Å². The molecule has 0 saturated carbocycles. The Morgan fingerprint density at radius 2 is 2.00 bits per heavy atom. The summed E-state index contributed by atoms with van der Waals surface area (Å²) in [5, 5.41) is 4.84. The molecule has 0 spiro atoms. The number of nitrogens with zero attached hydrogens (tertiary/aromatic N) is 1. The molecule has 1 saturated heterocycles. The van der Waals surface area contributed by atoms with Crippen LogP contribution in [0.2, 0.25) is 0 Å². The number of hydrogen-bond acceptors (Lipinski definition) is 4. The predicted octanol–water partition coefficient (Wildman–Crippen LogP) is 3.90. The van der Waals surface area contributed by atoms with Crippen LogP contribution in [0.1, 0.15) is 20.8 Å². The van der Waals surface area contributed by atoms with Gasteiger partial charge in [-0.2, -0.15) is 11.8 Å². The second-order valence-corrected chi connectivity index (χ2v) is 7.98. The van der Waals surface area contributed by atoms with Gasteiger partial charge in [-0.05, 0) is 48.2 Å². The van der Waals surface area contributed by atoms with Crippen LogP contribution in [0.15, 0.2) is 41.8 Å². The third-order valence-electron chi connectivity index (χ3n) is 3.97. The molecule has 2 heterocycles. The summed E-state index contributed by atoms with van der Waals surface area (Å²) in [6.45, 7) is 3.50. The first-order valence-corrected chi connectivity index (χ1v) is 10.2. The number of hydrogen-bond donors (Lipinski definition) is 1. The van der Waals surface area contributed by atoms with Crippen LogP contribution in [0.4, 0.5) is 5.69 Å². The lowest BCUT2D eigenvalue weighted by Crippen LogP contribution is -2.37. The van der Waals surface area contributed by atoms with E-state index in [9.17, 15) is 9.59 Å². The van der Waals surface area contributed by atoms with E-state index in [0.29, 0.717) is 5.56 Å². The molecule has 1 aliphatic rings. The smallest absolute Gasteiger partial charge is 0.253 e. The molecule has 2 amide bonds. The third kappa shape index (κ3) is 4.74. The number of thiophene rings is 1. The Morgan fingerprint density at radius 3 is 2.68 bits per heavy atom. The Hall–Kier alpha value is -2.05. The van der Waals surface area contributed by atoms with Crippen molar-refractivity contribution >= 4 is 46.7 Å². The lowest BCUT2D eigenvalue weighted by atomic mass is 10.1. The lowest BCUT2D eigenvalue weighted by molar-refractivity contribution is -0.111. The Bertz CT molecular complexity index is 779. The second kappa shape index (κ2) is 8.36. The number of aryl methyl sites for hydroxylation is 1. The first-order chi connectivity index (χ1) is 12.1. The fraction of sp³-hybridized carbons (Fsp3) is 0.263. The molecule has 1 fully saturated rings. The van der Waals surface area contributed by atoms with E-state index >= 15 is 0 Å². The largest absolute Gasteiger partial charge is 0.337 e. The average molecular weight is 373 g/mol. The van der Waals surface area contributed by atoms with Crippen molar-refractivity contribution in [3.05, 3.63) is 57.8 Å². The zero-order valence-electron chi connectivity index (χ0n) is 14.0. The summed E-state index contributed by atoms with van der Waals surface area (Å²) in [6, 6.07) is 9.35. The molecule has 25 heavy (non-hydrogen) atoms. The van der Waals surface area contributed by atoms with E-state index in [1.165, 1.54) is 6.08 Å². The maximum Gasteiger partial charge on any atom is 0.253 e. The molecule has 1 aliphatic heterocycles. The molecule has 0 atom stereocenters. The van der Waals surface area contributed by atoms with Crippen molar-refractivity contribution in [2.24, 2.45) is 0 Å². The molecule has 1 N–H and O–H groups in total. The van der Waals surface area contributed by atoms with E-state index in [1.807, 2.05) is 47.2 Å². The summed E-state index contributed by atoms with van der Waals surface area (Å²) in [7, 11) is 0. The number of carbonyl (C=O) groups excluding carboxylic acids is 2. The van der Waals surface area contributed by atoms with Gasteiger partial charge in [0.25, 0.3) is 5.91 Å². The van der Waals surface area contributed by atoms with Crippen LogP contribution in [0.5, 0.6) is 0 Å². The zero-order valence-corrected chi connectivity index (χ0v) is 15.7. The number of benzene rings is 1. The average Bonchev–Trinajstić information content (AvgIpc) is 3.15. The highest BCUT2D eigenvalue weighted by Crippen LogP contribution is 2.20. The predicted molar refractivity (Wildman–Crippen MR) is 106 cm³/mol. The number of nitrogens with one attached hydrogen (secondary N) is 1. The molecular weight excluding hydrogens is 352 g/mol. The molecule has 3 rings (SSSR count). The van der Waals surface area contributed by atoms with Gasteiger partial charge in [-0.1, -0.05) is 6.07 Å². The number of thioether (sulfide) groups is 1. The molecule has 2 aromatic rings. The zero-order chi connectivity index (χ0) is 17.6. The van der Waals surface area contributed by atoms with Crippen LogP contribution in [-0.2, 0) is 4.79 Å². The molecular formula is C19H20N2O2S2. The minimum atomic E-state index is -0.177. The Kier molecular flexibility index (Phi) is 5.94. The van der Waals surface area contributed by atoms with Crippen LogP contribution < -0.4 is 5.32 Å². The minimum absolute atomic E-state index is 0.0684. The summed E-state index contributed by atoms with van der Waals surface area (Å²) in [4.78, 5) is 27.5. The van der Waals surface area contributed by atoms with Gasteiger partial charge >= 0.3 is 0 Å². The summed E-state index contributed by atoms with van der Waals surface area (Å²) in [5.74, 6) is 1.88. The SMILES string of the molecule is Cc1cc(C(=O)N2CCSCC2)ccc1NC(=O)/C=C/c1cccs1. The van der Waals surface area contributed by atoms with Crippen LogP contribution in [0, 0.1) is 6.92 Å². The topological polar surface area (TPSA) is 49.4 Å². The van der Waals surface area contributed by atoms with Gasteiger partial charge in [-0.25, -0.2) is 0 Å². The molecule has 0 unspecified atom stereocenters. The van der Waals surface area contributed by atoms with Crippen LogP contribution >= 0.6 is 23.1 Å². The van der Waals surface area contributed by atoms with Crippen molar-refractivity contribution < 1.29 is 9.59 Å². The van der Waals surface area contributed by atoms with E-state index in [-0.39, 0.29) is 11.8 Å². The first kappa shape index (κ1) is 17.8. The summed E-state index contributed by atoms with van der Waals surface area (Å²) in [5.41, 5.74) is 2.29. The van der Waals surface area contributed by atoms with Crippen molar-refractivity contribution in [2.45, 2.75) is 6.92 Å². The highest BCUT2D eigenvalue weighted by molar-refractivity contribution is 7.99. The quantitative estimate of drug-likeness (QED) is 0.828. The van der Waals surface area contributed by atoms with E-state index in [0.717, 1.165) is 40.7 Å². The highest BCUT2D eigenvalue weighted by atomic mass is 32.2. The third-order valence-corrected chi connectivity index (χ3v) is 5.75. The molecule has 4 nitrogen and oxygen atoms in total. The van der Waals surface area contributed by atoms with Crippen molar-refractivity contribution in [1.82, 2.24) is 4.90 Å². The van der Waals surface area contributed by atoms with Crippen LogP contribution in [0.25, 0.3) is 6.08 Å². The summed E-state index contributed by atoms with van der Waals surface area (Å²) in [6.07, 6.45) is 3.32. The Labute approximate surface area is 155 Å². The molecule has 1 aromatic carbocycles. The van der Waals surface area contributed by atoms with Gasteiger partial charge in [0, 0.05) is 46.8 Å². The van der Waals surface area contributed by atoms with Crippen LogP contribution in [-0.4, -0.2) is 41.3 Å². The first-order valence-electron chi connectivity index (χ1n) is 8.14. The number of amides is 2. The van der Waals surface area contributed by atoms with Crippen molar-refractivity contribution in [1.29, 1.82) is 0 Å². The van der Waals surface area contributed by atoms with Gasteiger partial charge < -0.3 is 10.2 Å². The van der Waals surface area contributed by atoms with E-state index in [2.05, 4.69) is 5.32 Å². The lowest BCUT2D eigenvalue weighted by Gasteiger charge is -2.26. The van der Waals surface area contributed by atoms with E-state index < -0.39 is 0 Å². The molecule has 6 heteroatoms. The number of carbonyl (C=O) groups is 2. The summed E-state index contributed by atoms with van der Waals surface area (Å²) < 4.78 is 0.